The fourth-order valence-electron chi connectivity index (χ4n) is 3.52. The first-order valence-electron chi connectivity index (χ1n) is 10.6. The SMILES string of the molecule is C#Cc1ccc(CC(/C=C\C(=[N-])C2CCN(C(=O)O[C@H](CO)C(F)(F)F)CC2)CC)cc1. The van der Waals surface area contributed by atoms with E-state index >= 15 is 0 Å². The van der Waals surface area contributed by atoms with Crippen LogP contribution >= 0.6 is 0 Å². The fraction of sp³-hybridized carbons (Fsp3) is 0.500. The number of piperidine rings is 1. The van der Waals surface area contributed by atoms with E-state index in [4.69, 9.17) is 11.5 Å². The van der Waals surface area contributed by atoms with E-state index in [-0.39, 0.29) is 30.6 Å². The first-order chi connectivity index (χ1) is 15.2. The number of alkyl halides is 3. The maximum absolute atomic E-state index is 12.7. The number of aliphatic hydroxyl groups excluding tert-OH is 1. The molecule has 174 valence electrons. The first kappa shape index (κ1) is 25.5. The van der Waals surface area contributed by atoms with Gasteiger partial charge in [-0.3, -0.25) is 0 Å². The fourth-order valence-corrected chi connectivity index (χ4v) is 3.52. The van der Waals surface area contributed by atoms with Crippen molar-refractivity contribution in [3.05, 3.63) is 53.0 Å². The van der Waals surface area contributed by atoms with E-state index in [9.17, 15) is 23.4 Å². The van der Waals surface area contributed by atoms with Crippen LogP contribution in [0.2, 0.25) is 0 Å². The third kappa shape index (κ3) is 7.41. The number of likely N-dealkylation sites (tertiary alicyclic amines) is 1. The van der Waals surface area contributed by atoms with Gasteiger partial charge in [0.1, 0.15) is 0 Å². The maximum Gasteiger partial charge on any atom is 0.427 e. The minimum absolute atomic E-state index is 0.163. The van der Waals surface area contributed by atoms with Gasteiger partial charge in [-0.2, -0.15) is 18.9 Å². The lowest BCUT2D eigenvalue weighted by Gasteiger charge is -2.34. The van der Waals surface area contributed by atoms with E-state index in [1.54, 1.807) is 6.08 Å². The Morgan fingerprint density at radius 1 is 1.34 bits per heavy atom. The number of hydrogen-bond acceptors (Lipinski definition) is 3. The second-order valence-electron chi connectivity index (χ2n) is 7.86. The summed E-state index contributed by atoms with van der Waals surface area (Å²) < 4.78 is 42.4. The molecule has 0 saturated carbocycles. The van der Waals surface area contributed by atoms with Gasteiger partial charge in [0.2, 0.25) is 6.10 Å². The highest BCUT2D eigenvalue weighted by molar-refractivity contribution is 5.99. The molecule has 2 atom stereocenters. The monoisotopic (exact) mass is 449 g/mol. The normalized spacial score (nSPS) is 17.1. The maximum atomic E-state index is 12.7. The molecular formula is C24H28F3N2O3-. The molecule has 1 aromatic carbocycles. The highest BCUT2D eigenvalue weighted by Crippen LogP contribution is 2.25. The van der Waals surface area contributed by atoms with Crippen LogP contribution in [-0.4, -0.2) is 53.8 Å². The van der Waals surface area contributed by atoms with Crippen molar-refractivity contribution in [3.63, 3.8) is 0 Å². The molecule has 1 N–H and O–H groups in total. The van der Waals surface area contributed by atoms with Gasteiger partial charge in [-0.15, -0.1) is 6.42 Å². The van der Waals surface area contributed by atoms with E-state index < -0.39 is 25.0 Å². The molecule has 0 spiro atoms. The molecule has 1 amide bonds. The van der Waals surface area contributed by atoms with Gasteiger partial charge in [0.15, 0.2) is 0 Å². The van der Waals surface area contributed by atoms with Gasteiger partial charge in [-0.1, -0.05) is 37.1 Å². The summed E-state index contributed by atoms with van der Waals surface area (Å²) in [6, 6.07) is 7.77. The number of terminal acetylenes is 1. The van der Waals surface area contributed by atoms with E-state index in [1.165, 1.54) is 0 Å². The Kier molecular flexibility index (Phi) is 9.33. The lowest BCUT2D eigenvalue weighted by molar-refractivity contribution is -0.214. The van der Waals surface area contributed by atoms with Gasteiger partial charge in [0.25, 0.3) is 0 Å². The summed E-state index contributed by atoms with van der Waals surface area (Å²) in [4.78, 5) is 13.1. The number of hydrogen-bond donors (Lipinski definition) is 1. The van der Waals surface area contributed by atoms with E-state index in [0.29, 0.717) is 12.8 Å². The number of allylic oxidation sites excluding steroid dienone is 2. The molecule has 32 heavy (non-hydrogen) atoms. The molecule has 1 heterocycles. The Morgan fingerprint density at radius 2 is 1.97 bits per heavy atom. The summed E-state index contributed by atoms with van der Waals surface area (Å²) in [7, 11) is 0. The summed E-state index contributed by atoms with van der Waals surface area (Å²) >= 11 is 0. The van der Waals surface area contributed by atoms with Crippen molar-refractivity contribution in [3.8, 4) is 12.3 Å². The Hall–Kier alpha value is -2.79. The van der Waals surface area contributed by atoms with Gasteiger partial charge in [-0.05, 0) is 55.2 Å². The van der Waals surface area contributed by atoms with Crippen LogP contribution in [0.15, 0.2) is 36.4 Å². The number of aliphatic hydroxyl groups is 1. The molecule has 2 rings (SSSR count). The lowest BCUT2D eigenvalue weighted by Crippen LogP contribution is -2.45. The smallest absolute Gasteiger partial charge is 0.427 e. The summed E-state index contributed by atoms with van der Waals surface area (Å²) in [5.74, 6) is 2.63. The number of carbonyl (C=O) groups excluding carboxylic acids is 1. The number of ether oxygens (including phenoxy) is 1. The summed E-state index contributed by atoms with van der Waals surface area (Å²) in [6.45, 7) is 1.07. The average molecular weight is 449 g/mol. The number of halogens is 3. The molecule has 0 radical (unpaired) electrons. The zero-order valence-corrected chi connectivity index (χ0v) is 18.0. The largest absolute Gasteiger partial charge is 0.807 e. The van der Waals surface area contributed by atoms with Crippen LogP contribution < -0.4 is 0 Å². The molecule has 8 heteroatoms. The van der Waals surface area contributed by atoms with Crippen LogP contribution in [0, 0.1) is 24.2 Å². The summed E-state index contributed by atoms with van der Waals surface area (Å²) in [5.41, 5.74) is 2.17. The zero-order chi connectivity index (χ0) is 23.7. The van der Waals surface area contributed by atoms with Gasteiger partial charge in [-0.25, -0.2) is 4.79 Å². The predicted octanol–water partition coefficient (Wildman–Crippen LogP) is 4.58. The zero-order valence-electron chi connectivity index (χ0n) is 18.0. The topological polar surface area (TPSA) is 72.1 Å². The summed E-state index contributed by atoms with van der Waals surface area (Å²) in [5, 5.41) is 19.3. The van der Waals surface area contributed by atoms with Gasteiger partial charge >= 0.3 is 12.3 Å². The van der Waals surface area contributed by atoms with Crippen LogP contribution in [0.3, 0.4) is 0 Å². The Morgan fingerprint density at radius 3 is 2.47 bits per heavy atom. The molecular weight excluding hydrogens is 421 g/mol. The Bertz CT molecular complexity index is 836. The van der Waals surface area contributed by atoms with Crippen LogP contribution in [0.1, 0.15) is 37.3 Å². The third-order valence-corrected chi connectivity index (χ3v) is 5.63. The van der Waals surface area contributed by atoms with Crippen LogP contribution in [0.5, 0.6) is 0 Å². The van der Waals surface area contributed by atoms with Crippen molar-refractivity contribution in [2.45, 2.75) is 44.9 Å². The number of amides is 1. The second kappa shape index (κ2) is 11.7. The van der Waals surface area contributed by atoms with E-state index in [1.807, 2.05) is 30.3 Å². The van der Waals surface area contributed by atoms with Crippen molar-refractivity contribution in [2.24, 2.45) is 11.8 Å². The lowest BCUT2D eigenvalue weighted by atomic mass is 9.90. The van der Waals surface area contributed by atoms with Gasteiger partial charge in [0, 0.05) is 18.7 Å². The van der Waals surface area contributed by atoms with E-state index in [0.717, 1.165) is 28.9 Å². The number of benzene rings is 1. The molecule has 1 saturated heterocycles. The van der Waals surface area contributed by atoms with Crippen molar-refractivity contribution in [1.29, 1.82) is 0 Å². The van der Waals surface area contributed by atoms with Crippen LogP contribution in [-0.2, 0) is 11.2 Å². The molecule has 1 unspecified atom stereocenters. The summed E-state index contributed by atoms with van der Waals surface area (Å²) in [6.07, 6.45) is 3.06. The third-order valence-electron chi connectivity index (χ3n) is 5.63. The number of rotatable bonds is 8. The van der Waals surface area contributed by atoms with Crippen molar-refractivity contribution >= 4 is 11.8 Å². The standard InChI is InChI=1S/C24H28F3N2O3/c1-3-17-5-7-19(8-6-17)15-18(4-2)9-10-21(28)20-11-13-29(14-12-20)23(31)32-22(16-30)24(25,26)27/h1,5-10,18,20,22,30H,4,11-16H2,2H3/q-1/b10-9-/t18?,22-/m1/s1. The minimum atomic E-state index is -4.82. The minimum Gasteiger partial charge on any atom is -0.807 e. The molecule has 1 aromatic rings. The highest BCUT2D eigenvalue weighted by atomic mass is 19.4. The number of carbonyl (C=O) groups is 1. The van der Waals surface area contributed by atoms with Gasteiger partial charge in [0.05, 0.1) is 6.61 Å². The van der Waals surface area contributed by atoms with E-state index in [2.05, 4.69) is 17.6 Å². The molecule has 1 fully saturated rings. The molecule has 5 nitrogen and oxygen atoms in total. The van der Waals surface area contributed by atoms with Crippen molar-refractivity contribution in [1.82, 2.24) is 4.90 Å². The van der Waals surface area contributed by atoms with Crippen LogP contribution in [0.25, 0.3) is 5.41 Å². The molecule has 0 bridgehead atoms. The van der Waals surface area contributed by atoms with Crippen molar-refractivity contribution < 1.29 is 27.8 Å². The number of nitrogens with zero attached hydrogens (tertiary/aromatic N) is 2. The van der Waals surface area contributed by atoms with Crippen molar-refractivity contribution in [2.75, 3.05) is 19.7 Å². The predicted molar refractivity (Wildman–Crippen MR) is 117 cm³/mol. The van der Waals surface area contributed by atoms with Crippen LogP contribution in [0.4, 0.5) is 18.0 Å². The Balaban J connectivity index is 1.84. The second-order valence-corrected chi connectivity index (χ2v) is 7.86. The highest BCUT2D eigenvalue weighted by Gasteiger charge is 2.43. The quantitative estimate of drug-likeness (QED) is 0.467. The molecule has 1 aliphatic rings. The molecule has 0 aliphatic carbocycles. The van der Waals surface area contributed by atoms with Gasteiger partial charge < -0.3 is 20.2 Å². The molecule has 1 aliphatic heterocycles. The average Bonchev–Trinajstić information content (AvgIpc) is 2.79. The Labute approximate surface area is 186 Å². The molecule has 0 aromatic heterocycles. The first-order valence-corrected chi connectivity index (χ1v) is 10.6.